The van der Waals surface area contributed by atoms with Crippen molar-refractivity contribution < 1.29 is 9.47 Å². The Morgan fingerprint density at radius 1 is 1.57 bits per heavy atom. The minimum Gasteiger partial charge on any atom is -0.355 e. The number of rotatable bonds is 6. The first-order chi connectivity index (χ1) is 6.76. The standard InChI is InChI=1S/C8H14N2O3S/c1-12-7(13-2)4-9-3-6-5-14-8(11)10-6/h5,7,9H,3-4H2,1-2H3,(H,10,11). The molecule has 0 atom stereocenters. The molecule has 0 radical (unpaired) electrons. The molecular weight excluding hydrogens is 204 g/mol. The van der Waals surface area contributed by atoms with Crippen molar-refractivity contribution in [1.29, 1.82) is 0 Å². The number of hydrogen-bond donors (Lipinski definition) is 2. The van der Waals surface area contributed by atoms with Gasteiger partial charge in [0.05, 0.1) is 0 Å². The summed E-state index contributed by atoms with van der Waals surface area (Å²) in [5.41, 5.74) is 0.881. The molecule has 0 amide bonds. The van der Waals surface area contributed by atoms with E-state index in [0.29, 0.717) is 13.1 Å². The molecule has 1 rings (SSSR count). The Labute approximate surface area is 86.1 Å². The number of H-pyrrole nitrogens is 1. The number of hydrogen-bond acceptors (Lipinski definition) is 5. The van der Waals surface area contributed by atoms with E-state index in [1.54, 1.807) is 19.6 Å². The Balaban J connectivity index is 2.24. The van der Waals surface area contributed by atoms with Crippen molar-refractivity contribution in [1.82, 2.24) is 10.3 Å². The molecular formula is C8H14N2O3S. The lowest BCUT2D eigenvalue weighted by atomic mass is 10.4. The van der Waals surface area contributed by atoms with E-state index in [9.17, 15) is 4.79 Å². The Morgan fingerprint density at radius 2 is 2.29 bits per heavy atom. The molecule has 0 saturated carbocycles. The second-order valence-electron chi connectivity index (χ2n) is 2.71. The van der Waals surface area contributed by atoms with Gasteiger partial charge in [-0.2, -0.15) is 0 Å². The zero-order valence-corrected chi connectivity index (χ0v) is 9.02. The van der Waals surface area contributed by atoms with Crippen molar-refractivity contribution >= 4 is 11.3 Å². The van der Waals surface area contributed by atoms with Crippen LogP contribution < -0.4 is 10.2 Å². The molecule has 2 N–H and O–H groups in total. The average Bonchev–Trinajstić information content (AvgIpc) is 2.59. The maximum absolute atomic E-state index is 10.8. The lowest BCUT2D eigenvalue weighted by Gasteiger charge is -2.13. The van der Waals surface area contributed by atoms with Crippen LogP contribution in [0.2, 0.25) is 0 Å². The van der Waals surface area contributed by atoms with Crippen molar-refractivity contribution in [3.8, 4) is 0 Å². The van der Waals surface area contributed by atoms with Gasteiger partial charge in [0.25, 0.3) is 0 Å². The first kappa shape index (κ1) is 11.4. The number of ether oxygens (including phenoxy) is 2. The third-order valence-electron chi connectivity index (χ3n) is 1.72. The third-order valence-corrected chi connectivity index (χ3v) is 2.44. The highest BCUT2D eigenvalue weighted by molar-refractivity contribution is 7.07. The summed E-state index contributed by atoms with van der Waals surface area (Å²) in [7, 11) is 3.17. The number of methoxy groups -OCH3 is 2. The van der Waals surface area contributed by atoms with Gasteiger partial charge in [0.2, 0.25) is 0 Å². The van der Waals surface area contributed by atoms with Gasteiger partial charge in [-0.25, -0.2) is 0 Å². The summed E-state index contributed by atoms with van der Waals surface area (Å²) in [5.74, 6) is 0. The van der Waals surface area contributed by atoms with Crippen molar-refractivity contribution in [2.45, 2.75) is 12.8 Å². The molecule has 0 saturated heterocycles. The van der Waals surface area contributed by atoms with Gasteiger partial charge in [0.15, 0.2) is 6.29 Å². The molecule has 0 fully saturated rings. The normalized spacial score (nSPS) is 11.1. The quantitative estimate of drug-likeness (QED) is 0.667. The molecule has 0 bridgehead atoms. The van der Waals surface area contributed by atoms with E-state index in [4.69, 9.17) is 9.47 Å². The van der Waals surface area contributed by atoms with Crippen LogP contribution >= 0.6 is 11.3 Å². The van der Waals surface area contributed by atoms with E-state index < -0.39 is 0 Å². The maximum Gasteiger partial charge on any atom is 0.304 e. The maximum atomic E-state index is 10.8. The SMILES string of the molecule is COC(CNCc1csc(=O)[nH]1)OC. The van der Waals surface area contributed by atoms with Gasteiger partial charge in [-0.05, 0) is 0 Å². The van der Waals surface area contributed by atoms with Crippen LogP contribution in [-0.4, -0.2) is 32.0 Å². The fraction of sp³-hybridized carbons (Fsp3) is 0.625. The summed E-state index contributed by atoms with van der Waals surface area (Å²) in [5, 5.41) is 4.90. The highest BCUT2D eigenvalue weighted by Crippen LogP contribution is 1.95. The summed E-state index contributed by atoms with van der Waals surface area (Å²) >= 11 is 1.16. The van der Waals surface area contributed by atoms with Crippen LogP contribution in [0.5, 0.6) is 0 Å². The van der Waals surface area contributed by atoms with E-state index >= 15 is 0 Å². The van der Waals surface area contributed by atoms with Crippen molar-refractivity contribution in [2.24, 2.45) is 0 Å². The lowest BCUT2D eigenvalue weighted by Crippen LogP contribution is -2.29. The summed E-state index contributed by atoms with van der Waals surface area (Å²) in [4.78, 5) is 13.5. The summed E-state index contributed by atoms with van der Waals surface area (Å²) in [6, 6.07) is 0. The molecule has 80 valence electrons. The molecule has 0 aromatic carbocycles. The third kappa shape index (κ3) is 3.59. The van der Waals surface area contributed by atoms with Gasteiger partial charge in [-0.15, -0.1) is 0 Å². The van der Waals surface area contributed by atoms with Crippen LogP contribution in [0, 0.1) is 0 Å². The topological polar surface area (TPSA) is 63.3 Å². The summed E-state index contributed by atoms with van der Waals surface area (Å²) < 4.78 is 9.98. The van der Waals surface area contributed by atoms with Gasteiger partial charge >= 0.3 is 4.87 Å². The molecule has 0 aliphatic rings. The number of thiazole rings is 1. The summed E-state index contributed by atoms with van der Waals surface area (Å²) in [6.07, 6.45) is -0.250. The number of nitrogens with one attached hydrogen (secondary N) is 2. The Kier molecular flexibility index (Phi) is 4.81. The molecule has 1 aromatic heterocycles. The van der Waals surface area contributed by atoms with E-state index in [0.717, 1.165) is 17.0 Å². The van der Waals surface area contributed by atoms with Crippen LogP contribution in [0.25, 0.3) is 0 Å². The van der Waals surface area contributed by atoms with Crippen molar-refractivity contribution in [3.05, 3.63) is 20.7 Å². The Bertz CT molecular complexity index is 306. The minimum absolute atomic E-state index is 0.0307. The molecule has 6 heteroatoms. The second-order valence-corrected chi connectivity index (χ2v) is 3.55. The van der Waals surface area contributed by atoms with Gasteiger partial charge in [-0.3, -0.25) is 4.79 Å². The van der Waals surface area contributed by atoms with Crippen molar-refractivity contribution in [2.75, 3.05) is 20.8 Å². The molecule has 5 nitrogen and oxygen atoms in total. The number of aromatic amines is 1. The molecule has 14 heavy (non-hydrogen) atoms. The number of aromatic nitrogens is 1. The van der Waals surface area contributed by atoms with E-state index in [1.165, 1.54) is 0 Å². The molecule has 0 aliphatic carbocycles. The first-order valence-corrected chi connectivity index (χ1v) is 5.07. The van der Waals surface area contributed by atoms with Gasteiger partial charge in [0, 0.05) is 38.4 Å². The zero-order chi connectivity index (χ0) is 10.4. The first-order valence-electron chi connectivity index (χ1n) is 4.19. The molecule has 0 spiro atoms. The zero-order valence-electron chi connectivity index (χ0n) is 8.20. The van der Waals surface area contributed by atoms with E-state index in [2.05, 4.69) is 10.3 Å². The van der Waals surface area contributed by atoms with E-state index in [1.807, 2.05) is 0 Å². The molecule has 0 aliphatic heterocycles. The van der Waals surface area contributed by atoms with Gasteiger partial charge in [0.1, 0.15) is 0 Å². The fourth-order valence-electron chi connectivity index (χ4n) is 0.988. The van der Waals surface area contributed by atoms with Crippen LogP contribution in [0.15, 0.2) is 10.2 Å². The molecule has 1 aromatic rings. The smallest absolute Gasteiger partial charge is 0.304 e. The highest BCUT2D eigenvalue weighted by atomic mass is 32.1. The molecule has 1 heterocycles. The second kappa shape index (κ2) is 5.92. The van der Waals surface area contributed by atoms with Crippen LogP contribution in [0.1, 0.15) is 5.69 Å². The fourth-order valence-corrected chi connectivity index (χ4v) is 1.57. The summed E-state index contributed by atoms with van der Waals surface area (Å²) in [6.45, 7) is 1.20. The van der Waals surface area contributed by atoms with Gasteiger partial charge in [-0.1, -0.05) is 11.3 Å². The highest BCUT2D eigenvalue weighted by Gasteiger charge is 2.03. The predicted molar refractivity (Wildman–Crippen MR) is 54.5 cm³/mol. The predicted octanol–water partition coefficient (Wildman–Crippen LogP) is 0.145. The van der Waals surface area contributed by atoms with E-state index in [-0.39, 0.29) is 11.2 Å². The average molecular weight is 218 g/mol. The monoisotopic (exact) mass is 218 g/mol. The molecule has 0 unspecified atom stereocenters. The van der Waals surface area contributed by atoms with Crippen molar-refractivity contribution in [3.63, 3.8) is 0 Å². The minimum atomic E-state index is -0.250. The Hall–Kier alpha value is -0.690. The van der Waals surface area contributed by atoms with Crippen LogP contribution in [0.4, 0.5) is 0 Å². The van der Waals surface area contributed by atoms with Gasteiger partial charge < -0.3 is 19.8 Å². The largest absolute Gasteiger partial charge is 0.355 e. The lowest BCUT2D eigenvalue weighted by molar-refractivity contribution is -0.0989. The Morgan fingerprint density at radius 3 is 2.79 bits per heavy atom. The van der Waals surface area contributed by atoms with Crippen LogP contribution in [0.3, 0.4) is 0 Å². The van der Waals surface area contributed by atoms with Crippen LogP contribution in [-0.2, 0) is 16.0 Å².